The minimum atomic E-state index is -1.18. The normalized spacial score (nSPS) is 51.8. The number of fused-ring (bicyclic) bond motifs is 7. The van der Waals surface area contributed by atoms with Gasteiger partial charge in [0, 0.05) is 17.3 Å². The van der Waals surface area contributed by atoms with E-state index in [0.29, 0.717) is 12.3 Å². The first-order valence-corrected chi connectivity index (χ1v) is 9.44. The third-order valence-corrected chi connectivity index (χ3v) is 8.14. The van der Waals surface area contributed by atoms with Gasteiger partial charge in [-0.1, -0.05) is 40.5 Å². The standard InChI is InChI=1S/C18H30N2O4/c1-6-7-8-12-18(5,20(21)22)15-19(24-12)13-11-9-10-17(4,14(13)23-15)16(11,2)3/h11-15H,6-10H2,1-5H3/t11-,12+,13-,14-,15+,17+,18+/m1/s1. The first kappa shape index (κ1) is 16.7. The molecule has 0 amide bonds. The van der Waals surface area contributed by atoms with E-state index in [1.54, 1.807) is 6.92 Å². The summed E-state index contributed by atoms with van der Waals surface area (Å²) in [5.41, 5.74) is -0.922. The molecule has 2 aliphatic carbocycles. The molecule has 0 aromatic heterocycles. The number of nitro groups is 1. The van der Waals surface area contributed by atoms with Crippen LogP contribution in [-0.4, -0.2) is 40.0 Å². The van der Waals surface area contributed by atoms with Gasteiger partial charge in [-0.25, -0.2) is 0 Å². The Bertz CT molecular complexity index is 567. The molecule has 2 saturated heterocycles. The Morgan fingerprint density at radius 1 is 1.29 bits per heavy atom. The Balaban J connectivity index is 1.68. The number of ether oxygens (including phenoxy) is 1. The second-order valence-electron chi connectivity index (χ2n) is 9.26. The fourth-order valence-corrected chi connectivity index (χ4v) is 6.03. The second kappa shape index (κ2) is 4.92. The maximum absolute atomic E-state index is 12.0. The van der Waals surface area contributed by atoms with Gasteiger partial charge in [-0.15, -0.1) is 5.06 Å². The zero-order chi connectivity index (χ0) is 17.5. The van der Waals surface area contributed by atoms with Crippen molar-refractivity contribution >= 4 is 0 Å². The van der Waals surface area contributed by atoms with E-state index in [1.165, 1.54) is 0 Å². The number of rotatable bonds is 4. The van der Waals surface area contributed by atoms with E-state index in [4.69, 9.17) is 9.57 Å². The van der Waals surface area contributed by atoms with Gasteiger partial charge in [0.15, 0.2) is 6.10 Å². The molecule has 2 bridgehead atoms. The minimum absolute atomic E-state index is 0.0441. The second-order valence-corrected chi connectivity index (χ2v) is 9.26. The highest BCUT2D eigenvalue weighted by Crippen LogP contribution is 2.70. The van der Waals surface area contributed by atoms with Gasteiger partial charge in [0.1, 0.15) is 0 Å². The van der Waals surface area contributed by atoms with E-state index >= 15 is 0 Å². The van der Waals surface area contributed by atoms with E-state index in [2.05, 4.69) is 27.7 Å². The van der Waals surface area contributed by atoms with E-state index in [9.17, 15) is 10.1 Å². The molecule has 0 unspecified atom stereocenters. The lowest BCUT2D eigenvalue weighted by Crippen LogP contribution is -2.53. The lowest BCUT2D eigenvalue weighted by atomic mass is 9.70. The molecule has 0 aromatic carbocycles. The molecule has 2 heterocycles. The van der Waals surface area contributed by atoms with Crippen molar-refractivity contribution in [2.45, 2.75) is 96.7 Å². The van der Waals surface area contributed by atoms with Crippen LogP contribution in [0.1, 0.15) is 66.7 Å². The molecular formula is C18H30N2O4. The van der Waals surface area contributed by atoms with Crippen LogP contribution in [0, 0.1) is 26.9 Å². The summed E-state index contributed by atoms with van der Waals surface area (Å²) in [5, 5.41) is 13.9. The summed E-state index contributed by atoms with van der Waals surface area (Å²) in [7, 11) is 0. The molecule has 4 fully saturated rings. The molecule has 2 aliphatic heterocycles. The average Bonchev–Trinajstić information content (AvgIpc) is 3.13. The van der Waals surface area contributed by atoms with Gasteiger partial charge in [0.2, 0.25) is 6.23 Å². The SMILES string of the molecule is CCCC[C@@H]1ON2[C@@H]3[C@H]4CC[C@@](C)([C@@H]3O[C@H]2[C@@]1(C)[N+](=O)[O-])C4(C)C. The van der Waals surface area contributed by atoms with Crippen LogP contribution in [0.4, 0.5) is 0 Å². The summed E-state index contributed by atoms with van der Waals surface area (Å²) >= 11 is 0. The Kier molecular flexibility index (Phi) is 3.43. The topological polar surface area (TPSA) is 64.8 Å². The Hall–Kier alpha value is -0.720. The van der Waals surface area contributed by atoms with Crippen molar-refractivity contribution in [3.8, 4) is 0 Å². The van der Waals surface area contributed by atoms with E-state index in [1.807, 2.05) is 5.06 Å². The van der Waals surface area contributed by atoms with E-state index in [-0.39, 0.29) is 27.9 Å². The fraction of sp³-hybridized carbons (Fsp3) is 1.00. The van der Waals surface area contributed by atoms with E-state index < -0.39 is 17.9 Å². The number of nitrogens with zero attached hydrogens (tertiary/aromatic N) is 2. The van der Waals surface area contributed by atoms with Gasteiger partial charge in [0.25, 0.3) is 5.54 Å². The van der Waals surface area contributed by atoms with Gasteiger partial charge in [0.05, 0.1) is 12.1 Å². The van der Waals surface area contributed by atoms with Crippen molar-refractivity contribution < 1.29 is 14.5 Å². The van der Waals surface area contributed by atoms with Crippen molar-refractivity contribution in [3.63, 3.8) is 0 Å². The third kappa shape index (κ3) is 1.68. The predicted octanol–water partition coefficient (Wildman–Crippen LogP) is 3.38. The third-order valence-electron chi connectivity index (χ3n) is 8.14. The molecule has 0 N–H and O–H groups in total. The van der Waals surface area contributed by atoms with Crippen LogP contribution in [0.25, 0.3) is 0 Å². The summed E-state index contributed by atoms with van der Waals surface area (Å²) < 4.78 is 6.43. The number of hydrogen-bond donors (Lipinski definition) is 0. The highest BCUT2D eigenvalue weighted by atomic mass is 16.8. The van der Waals surface area contributed by atoms with Crippen LogP contribution in [0.2, 0.25) is 0 Å². The van der Waals surface area contributed by atoms with Gasteiger partial charge in [-0.05, 0) is 30.6 Å². The smallest absolute Gasteiger partial charge is 0.287 e. The highest BCUT2D eigenvalue weighted by molar-refractivity contribution is 5.21. The molecule has 136 valence electrons. The lowest BCUT2D eigenvalue weighted by molar-refractivity contribution is -0.582. The number of hydroxylamine groups is 2. The first-order chi connectivity index (χ1) is 11.2. The summed E-state index contributed by atoms with van der Waals surface area (Å²) in [5.74, 6) is 0.485. The molecule has 0 radical (unpaired) electrons. The monoisotopic (exact) mass is 338 g/mol. The molecule has 6 nitrogen and oxygen atoms in total. The summed E-state index contributed by atoms with van der Waals surface area (Å²) in [6, 6.07) is 0.162. The highest BCUT2D eigenvalue weighted by Gasteiger charge is 2.78. The average molecular weight is 338 g/mol. The first-order valence-electron chi connectivity index (χ1n) is 9.44. The number of hydrogen-bond acceptors (Lipinski definition) is 5. The molecule has 4 aliphatic rings. The van der Waals surface area contributed by atoms with Crippen molar-refractivity contribution in [1.82, 2.24) is 5.06 Å². The quantitative estimate of drug-likeness (QED) is 0.581. The zero-order valence-corrected chi connectivity index (χ0v) is 15.4. The van der Waals surface area contributed by atoms with E-state index in [0.717, 1.165) is 25.7 Å². The molecule has 0 spiro atoms. The molecule has 7 atom stereocenters. The molecule has 2 saturated carbocycles. The van der Waals surface area contributed by atoms with Crippen LogP contribution < -0.4 is 0 Å². The maximum Gasteiger partial charge on any atom is 0.287 e. The Morgan fingerprint density at radius 3 is 2.62 bits per heavy atom. The number of unbranched alkanes of at least 4 members (excludes halogenated alkanes) is 1. The van der Waals surface area contributed by atoms with Gasteiger partial charge in [-0.2, -0.15) is 0 Å². The largest absolute Gasteiger partial charge is 0.348 e. The van der Waals surface area contributed by atoms with Crippen LogP contribution in [0.3, 0.4) is 0 Å². The van der Waals surface area contributed by atoms with Crippen molar-refractivity contribution in [2.75, 3.05) is 0 Å². The van der Waals surface area contributed by atoms with Gasteiger partial charge < -0.3 is 4.74 Å². The Labute approximate surface area is 144 Å². The molecular weight excluding hydrogens is 308 g/mol. The van der Waals surface area contributed by atoms with Crippen LogP contribution in [0.5, 0.6) is 0 Å². The van der Waals surface area contributed by atoms with Gasteiger partial charge in [-0.3, -0.25) is 15.0 Å². The zero-order valence-electron chi connectivity index (χ0n) is 15.4. The fourth-order valence-electron chi connectivity index (χ4n) is 6.03. The van der Waals surface area contributed by atoms with Crippen molar-refractivity contribution in [2.24, 2.45) is 16.7 Å². The van der Waals surface area contributed by atoms with Crippen LogP contribution >= 0.6 is 0 Å². The molecule has 24 heavy (non-hydrogen) atoms. The predicted molar refractivity (Wildman–Crippen MR) is 88.7 cm³/mol. The molecule has 4 rings (SSSR count). The summed E-state index contributed by atoms with van der Waals surface area (Å²) in [4.78, 5) is 18.0. The minimum Gasteiger partial charge on any atom is -0.348 e. The van der Waals surface area contributed by atoms with Crippen LogP contribution in [-0.2, 0) is 9.57 Å². The van der Waals surface area contributed by atoms with Gasteiger partial charge >= 0.3 is 0 Å². The van der Waals surface area contributed by atoms with Crippen molar-refractivity contribution in [1.29, 1.82) is 0 Å². The molecule has 0 aromatic rings. The summed E-state index contributed by atoms with van der Waals surface area (Å²) in [6.45, 7) is 10.8. The maximum atomic E-state index is 12.0. The van der Waals surface area contributed by atoms with Crippen molar-refractivity contribution in [3.05, 3.63) is 10.1 Å². The summed E-state index contributed by atoms with van der Waals surface area (Å²) in [6.07, 6.45) is 4.06. The lowest BCUT2D eigenvalue weighted by Gasteiger charge is -2.38. The van der Waals surface area contributed by atoms with Crippen LogP contribution in [0.15, 0.2) is 0 Å². The Morgan fingerprint density at radius 2 is 2.00 bits per heavy atom. The molecule has 6 heteroatoms.